The number of nitrogens with zero attached hydrogens (tertiary/aromatic N) is 3. The van der Waals surface area contributed by atoms with Crippen LogP contribution >= 0.6 is 11.6 Å². The monoisotopic (exact) mass is 521 g/mol. The molecule has 0 spiro atoms. The average Bonchev–Trinajstić information content (AvgIpc) is 3.00. The Balaban J connectivity index is 1.58. The van der Waals surface area contributed by atoms with Crippen LogP contribution in [0.15, 0.2) is 122 Å². The minimum absolute atomic E-state index is 0.552. The van der Waals surface area contributed by atoms with Crippen molar-refractivity contribution in [3.63, 3.8) is 0 Å². The third-order valence-electron chi connectivity index (χ3n) is 6.71. The van der Waals surface area contributed by atoms with Crippen molar-refractivity contribution < 1.29 is 0 Å². The van der Waals surface area contributed by atoms with Gasteiger partial charge in [-0.2, -0.15) is 0 Å². The maximum absolute atomic E-state index is 6.73. The van der Waals surface area contributed by atoms with Gasteiger partial charge in [0.15, 0.2) is 17.5 Å². The van der Waals surface area contributed by atoms with Gasteiger partial charge in [-0.1, -0.05) is 122 Å². The highest BCUT2D eigenvalue weighted by molar-refractivity contribution is 6.31. The van der Waals surface area contributed by atoms with E-state index in [1.807, 2.05) is 97.1 Å². The minimum atomic E-state index is 0.552. The van der Waals surface area contributed by atoms with E-state index in [9.17, 15) is 0 Å². The molecule has 0 saturated heterocycles. The largest absolute Gasteiger partial charge is 0.208 e. The molecule has 6 rings (SSSR count). The van der Waals surface area contributed by atoms with E-state index >= 15 is 0 Å². The Kier molecular flexibility index (Phi) is 6.58. The second-order valence-corrected chi connectivity index (χ2v) is 9.58. The summed E-state index contributed by atoms with van der Waals surface area (Å²) in [4.78, 5) is 14.6. The van der Waals surface area contributed by atoms with Crippen molar-refractivity contribution in [1.82, 2.24) is 15.0 Å². The molecule has 0 aliphatic rings. The average molecular weight is 522 g/mol. The molecule has 39 heavy (non-hydrogen) atoms. The van der Waals surface area contributed by atoms with Crippen LogP contribution in [0.3, 0.4) is 0 Å². The molecule has 1 heterocycles. The van der Waals surface area contributed by atoms with Crippen molar-refractivity contribution >= 4 is 34.5 Å². The van der Waals surface area contributed by atoms with Gasteiger partial charge in [0.25, 0.3) is 0 Å². The number of fused-ring (bicyclic) bond motifs is 1. The maximum atomic E-state index is 6.73. The van der Waals surface area contributed by atoms with Gasteiger partial charge in [0.2, 0.25) is 0 Å². The highest BCUT2D eigenvalue weighted by Crippen LogP contribution is 2.37. The van der Waals surface area contributed by atoms with Crippen LogP contribution in [0, 0.1) is 0 Å². The van der Waals surface area contributed by atoms with Crippen molar-refractivity contribution in [2.24, 2.45) is 0 Å². The zero-order chi connectivity index (χ0) is 26.8. The predicted molar refractivity (Wildman–Crippen MR) is 164 cm³/mol. The molecule has 1 aromatic heterocycles. The number of aromatic nitrogens is 3. The van der Waals surface area contributed by atoms with E-state index in [-0.39, 0.29) is 0 Å². The van der Waals surface area contributed by atoms with Gasteiger partial charge in [0, 0.05) is 21.7 Å². The van der Waals surface area contributed by atoms with Crippen LogP contribution in [0.25, 0.3) is 68.2 Å². The standard InChI is InChI=1S/C35H24ClN3/c1-3-29-30(4-2)32(22-25-17-11-12-18-31(25)29)26-19-27(21-28(36)20-26)35-38-33(23-13-7-5-8-14-23)37-34(39-35)24-15-9-6-10-16-24/h3-22H,1-2H2. The predicted octanol–water partition coefficient (Wildman–Crippen LogP) is 9.63. The van der Waals surface area contributed by atoms with Gasteiger partial charge in [-0.15, -0.1) is 0 Å². The maximum Gasteiger partial charge on any atom is 0.164 e. The molecule has 0 aliphatic carbocycles. The fourth-order valence-corrected chi connectivity index (χ4v) is 5.12. The van der Waals surface area contributed by atoms with Gasteiger partial charge >= 0.3 is 0 Å². The van der Waals surface area contributed by atoms with E-state index in [1.165, 1.54) is 0 Å². The first kappa shape index (κ1) is 24.5. The van der Waals surface area contributed by atoms with Crippen LogP contribution in [0.2, 0.25) is 5.02 Å². The smallest absolute Gasteiger partial charge is 0.164 e. The van der Waals surface area contributed by atoms with Crippen molar-refractivity contribution in [3.05, 3.63) is 139 Å². The van der Waals surface area contributed by atoms with Crippen LogP contribution in [-0.2, 0) is 0 Å². The Morgan fingerprint density at radius 3 is 1.62 bits per heavy atom. The number of halogens is 1. The zero-order valence-electron chi connectivity index (χ0n) is 21.2. The first-order chi connectivity index (χ1) is 19.1. The van der Waals surface area contributed by atoms with Crippen molar-refractivity contribution in [1.29, 1.82) is 0 Å². The summed E-state index contributed by atoms with van der Waals surface area (Å²) in [6.45, 7) is 8.20. The Bertz CT molecular complexity index is 1790. The van der Waals surface area contributed by atoms with E-state index in [1.54, 1.807) is 0 Å². The molecule has 4 heteroatoms. The van der Waals surface area contributed by atoms with Crippen LogP contribution in [0.5, 0.6) is 0 Å². The second-order valence-electron chi connectivity index (χ2n) is 9.15. The van der Waals surface area contributed by atoms with Gasteiger partial charge in [0.1, 0.15) is 0 Å². The molecule has 0 atom stereocenters. The van der Waals surface area contributed by atoms with Crippen LogP contribution < -0.4 is 0 Å². The zero-order valence-corrected chi connectivity index (χ0v) is 21.9. The summed E-state index contributed by atoms with van der Waals surface area (Å²) in [5.74, 6) is 1.76. The normalized spacial score (nSPS) is 10.9. The lowest BCUT2D eigenvalue weighted by molar-refractivity contribution is 1.07. The minimum Gasteiger partial charge on any atom is -0.208 e. The molecular weight excluding hydrogens is 498 g/mol. The van der Waals surface area contributed by atoms with Crippen molar-refractivity contribution in [2.75, 3.05) is 0 Å². The second kappa shape index (κ2) is 10.5. The topological polar surface area (TPSA) is 38.7 Å². The number of benzene rings is 5. The fourth-order valence-electron chi connectivity index (χ4n) is 4.88. The first-order valence-corrected chi connectivity index (χ1v) is 13.0. The Labute approximate surface area is 232 Å². The lowest BCUT2D eigenvalue weighted by Crippen LogP contribution is -2.00. The molecule has 0 N–H and O–H groups in total. The van der Waals surface area contributed by atoms with E-state index in [0.717, 1.165) is 49.7 Å². The molecule has 186 valence electrons. The van der Waals surface area contributed by atoms with E-state index in [2.05, 4.69) is 37.4 Å². The Hall–Kier alpha value is -4.86. The van der Waals surface area contributed by atoms with Crippen molar-refractivity contribution in [2.45, 2.75) is 0 Å². The summed E-state index contributed by atoms with van der Waals surface area (Å²) < 4.78 is 0. The molecule has 3 nitrogen and oxygen atoms in total. The van der Waals surface area contributed by atoms with Gasteiger partial charge in [-0.25, -0.2) is 15.0 Å². The molecule has 0 radical (unpaired) electrons. The molecule has 6 aromatic rings. The van der Waals surface area contributed by atoms with Gasteiger partial charge < -0.3 is 0 Å². The summed E-state index contributed by atoms with van der Waals surface area (Å²) in [6, 6.07) is 36.3. The van der Waals surface area contributed by atoms with Gasteiger partial charge in [0.05, 0.1) is 0 Å². The van der Waals surface area contributed by atoms with E-state index in [0.29, 0.717) is 22.5 Å². The highest BCUT2D eigenvalue weighted by Gasteiger charge is 2.16. The van der Waals surface area contributed by atoms with E-state index in [4.69, 9.17) is 26.6 Å². The van der Waals surface area contributed by atoms with Gasteiger partial charge in [-0.3, -0.25) is 0 Å². The molecule has 0 aliphatic heterocycles. The van der Waals surface area contributed by atoms with Crippen molar-refractivity contribution in [3.8, 4) is 45.3 Å². The quantitative estimate of drug-likeness (QED) is 0.219. The lowest BCUT2D eigenvalue weighted by Gasteiger charge is -2.15. The molecule has 0 unspecified atom stereocenters. The third-order valence-corrected chi connectivity index (χ3v) is 6.92. The fraction of sp³-hybridized carbons (Fsp3) is 0. The van der Waals surface area contributed by atoms with E-state index < -0.39 is 0 Å². The van der Waals surface area contributed by atoms with Gasteiger partial charge in [-0.05, 0) is 57.3 Å². The van der Waals surface area contributed by atoms with Crippen LogP contribution in [-0.4, -0.2) is 15.0 Å². The summed E-state index contributed by atoms with van der Waals surface area (Å²) >= 11 is 6.73. The Morgan fingerprint density at radius 1 is 0.513 bits per heavy atom. The van der Waals surface area contributed by atoms with Crippen LogP contribution in [0.4, 0.5) is 0 Å². The lowest BCUT2D eigenvalue weighted by atomic mass is 9.90. The SMILES string of the molecule is C=Cc1c(-c2cc(Cl)cc(-c3nc(-c4ccccc4)nc(-c4ccccc4)n3)c2)cc2ccccc2c1C=C. The summed E-state index contributed by atoms with van der Waals surface area (Å²) in [7, 11) is 0. The summed E-state index contributed by atoms with van der Waals surface area (Å²) in [6.07, 6.45) is 3.77. The molecule has 0 bridgehead atoms. The summed E-state index contributed by atoms with van der Waals surface area (Å²) in [5.41, 5.74) is 6.64. The molecular formula is C35H24ClN3. The third kappa shape index (κ3) is 4.76. The number of rotatable bonds is 6. The molecule has 5 aromatic carbocycles. The number of hydrogen-bond acceptors (Lipinski definition) is 3. The highest BCUT2D eigenvalue weighted by atomic mass is 35.5. The molecule has 0 fully saturated rings. The number of hydrogen-bond donors (Lipinski definition) is 0. The summed E-state index contributed by atoms with van der Waals surface area (Å²) in [5, 5.41) is 2.84. The van der Waals surface area contributed by atoms with Crippen LogP contribution in [0.1, 0.15) is 11.1 Å². The Morgan fingerprint density at radius 2 is 1.03 bits per heavy atom. The molecule has 0 amide bonds. The first-order valence-electron chi connectivity index (χ1n) is 12.6. The molecule has 0 saturated carbocycles.